The van der Waals surface area contributed by atoms with Gasteiger partial charge in [0.2, 0.25) is 11.9 Å². The molecule has 1 aliphatic heterocycles. The third kappa shape index (κ3) is 4.22. The van der Waals surface area contributed by atoms with Crippen LogP contribution in [0.3, 0.4) is 0 Å². The van der Waals surface area contributed by atoms with Gasteiger partial charge in [0.25, 0.3) is 0 Å². The zero-order valence-corrected chi connectivity index (χ0v) is 21.6. The van der Waals surface area contributed by atoms with E-state index < -0.39 is 0 Å². The van der Waals surface area contributed by atoms with Crippen LogP contribution >= 0.6 is 0 Å². The Balaban J connectivity index is 1.34. The fourth-order valence-electron chi connectivity index (χ4n) is 4.93. The molecule has 38 heavy (non-hydrogen) atoms. The van der Waals surface area contributed by atoms with Crippen LogP contribution < -0.4 is 11.1 Å². The average Bonchev–Trinajstić information content (AvgIpc) is 3.62. The van der Waals surface area contributed by atoms with Gasteiger partial charge in [0.15, 0.2) is 0 Å². The van der Waals surface area contributed by atoms with Crippen LogP contribution in [0.5, 0.6) is 0 Å². The van der Waals surface area contributed by atoms with E-state index in [4.69, 9.17) is 15.5 Å². The number of anilines is 3. The molecule has 1 fully saturated rings. The summed E-state index contributed by atoms with van der Waals surface area (Å²) in [4.78, 5) is 23.9. The van der Waals surface area contributed by atoms with Crippen LogP contribution in [0.15, 0.2) is 36.8 Å². The van der Waals surface area contributed by atoms with Crippen molar-refractivity contribution in [2.24, 2.45) is 0 Å². The van der Waals surface area contributed by atoms with Crippen LogP contribution in [-0.2, 0) is 16.1 Å². The molecule has 1 aromatic carbocycles. The van der Waals surface area contributed by atoms with Crippen molar-refractivity contribution < 1.29 is 9.53 Å². The van der Waals surface area contributed by atoms with Gasteiger partial charge in [-0.15, -0.1) is 0 Å². The molecule has 12 heteroatoms. The lowest BCUT2D eigenvalue weighted by Crippen LogP contribution is -2.42. The van der Waals surface area contributed by atoms with Gasteiger partial charge in [0, 0.05) is 42.5 Å². The molecule has 0 radical (unpaired) electrons. The Morgan fingerprint density at radius 2 is 2.00 bits per heavy atom. The van der Waals surface area contributed by atoms with Gasteiger partial charge in [-0.3, -0.25) is 14.6 Å². The molecule has 5 heterocycles. The molecule has 4 aromatic heterocycles. The molecule has 5 aromatic rings. The van der Waals surface area contributed by atoms with E-state index >= 15 is 0 Å². The lowest BCUT2D eigenvalue weighted by Gasteiger charge is -2.26. The molecule has 1 amide bonds. The van der Waals surface area contributed by atoms with Crippen LogP contribution in [0.25, 0.3) is 33.1 Å². The normalized spacial score (nSPS) is 14.2. The average molecular weight is 515 g/mol. The monoisotopic (exact) mass is 514 g/mol. The van der Waals surface area contributed by atoms with E-state index in [0.717, 1.165) is 38.8 Å². The molecule has 4 N–H and O–H groups in total. The van der Waals surface area contributed by atoms with Gasteiger partial charge in [-0.2, -0.15) is 20.2 Å². The minimum atomic E-state index is 0.0131. The van der Waals surface area contributed by atoms with Crippen LogP contribution in [0, 0.1) is 6.92 Å². The van der Waals surface area contributed by atoms with E-state index in [0.29, 0.717) is 43.8 Å². The van der Waals surface area contributed by atoms with Gasteiger partial charge in [-0.25, -0.2) is 0 Å². The maximum Gasteiger partial charge on any atom is 0.244 e. The smallest absolute Gasteiger partial charge is 0.244 e. The number of nitrogens with zero attached hydrogens (tertiary/aromatic N) is 7. The molecular formula is C26H30N10O2. The highest BCUT2D eigenvalue weighted by Crippen LogP contribution is 2.38. The molecule has 0 bridgehead atoms. The van der Waals surface area contributed by atoms with E-state index in [1.165, 1.54) is 0 Å². The fourth-order valence-corrected chi connectivity index (χ4v) is 4.93. The van der Waals surface area contributed by atoms with Crippen LogP contribution in [0.4, 0.5) is 17.5 Å². The summed E-state index contributed by atoms with van der Waals surface area (Å²) in [6.45, 7) is 8.57. The number of hydrogen-bond acceptors (Lipinski definition) is 8. The minimum Gasteiger partial charge on any atom is -0.383 e. The molecule has 196 valence electrons. The first-order valence-electron chi connectivity index (χ1n) is 12.7. The van der Waals surface area contributed by atoms with E-state index in [1.807, 2.05) is 25.3 Å². The van der Waals surface area contributed by atoms with Gasteiger partial charge in [-0.05, 0) is 32.4 Å². The predicted octanol–water partition coefficient (Wildman–Crippen LogP) is 3.25. The summed E-state index contributed by atoms with van der Waals surface area (Å²) >= 11 is 0. The first-order chi connectivity index (χ1) is 18.4. The Morgan fingerprint density at radius 3 is 2.79 bits per heavy atom. The maximum atomic E-state index is 12.7. The van der Waals surface area contributed by atoms with Crippen molar-refractivity contribution in [2.45, 2.75) is 33.4 Å². The number of nitrogens with two attached hydrogens (primary N) is 1. The first kappa shape index (κ1) is 23.9. The molecular weight excluding hydrogens is 484 g/mol. The number of nitrogens with one attached hydrogen (secondary N) is 2. The number of fused-ring (bicyclic) bond motifs is 2. The second-order valence-electron chi connectivity index (χ2n) is 9.76. The third-order valence-electron chi connectivity index (χ3n) is 6.89. The highest BCUT2D eigenvalue weighted by atomic mass is 16.5. The van der Waals surface area contributed by atoms with Crippen LogP contribution in [-0.4, -0.2) is 71.6 Å². The number of rotatable bonds is 6. The molecule has 0 atom stereocenters. The molecule has 12 nitrogen and oxygen atoms in total. The lowest BCUT2D eigenvalue weighted by molar-refractivity contribution is -0.136. The summed E-state index contributed by atoms with van der Waals surface area (Å²) in [5, 5.41) is 16.8. The van der Waals surface area contributed by atoms with E-state index in [9.17, 15) is 4.79 Å². The van der Waals surface area contributed by atoms with Gasteiger partial charge < -0.3 is 25.3 Å². The summed E-state index contributed by atoms with van der Waals surface area (Å²) in [7, 11) is 0. The van der Waals surface area contributed by atoms with Gasteiger partial charge in [0.05, 0.1) is 41.7 Å². The zero-order valence-electron chi connectivity index (χ0n) is 21.6. The van der Waals surface area contributed by atoms with Crippen molar-refractivity contribution in [2.75, 3.05) is 37.4 Å². The quantitative estimate of drug-likeness (QED) is 0.313. The molecule has 1 saturated heterocycles. The second kappa shape index (κ2) is 9.45. The largest absolute Gasteiger partial charge is 0.383 e. The van der Waals surface area contributed by atoms with Crippen molar-refractivity contribution in [3.8, 4) is 11.1 Å². The number of amides is 1. The fraction of sp³-hybridized carbons (Fsp3) is 0.346. The lowest BCUT2D eigenvalue weighted by atomic mass is 10.0. The van der Waals surface area contributed by atoms with E-state index in [1.54, 1.807) is 15.8 Å². The van der Waals surface area contributed by atoms with Crippen molar-refractivity contribution >= 4 is 45.3 Å². The summed E-state index contributed by atoms with van der Waals surface area (Å²) < 4.78 is 9.08. The molecule has 0 spiro atoms. The molecule has 6 rings (SSSR count). The first-order valence-corrected chi connectivity index (χ1v) is 12.7. The Bertz CT molecular complexity index is 1640. The Hall–Kier alpha value is -4.45. The summed E-state index contributed by atoms with van der Waals surface area (Å²) in [5.74, 6) is 0.754. The Labute approximate surface area is 218 Å². The number of aromatic amines is 1. The maximum absolute atomic E-state index is 12.7. The summed E-state index contributed by atoms with van der Waals surface area (Å²) in [6.07, 6.45) is 5.69. The number of H-pyrrole nitrogens is 1. The van der Waals surface area contributed by atoms with Crippen LogP contribution in [0.1, 0.15) is 25.6 Å². The van der Waals surface area contributed by atoms with Gasteiger partial charge in [0.1, 0.15) is 18.0 Å². The van der Waals surface area contributed by atoms with Gasteiger partial charge in [-0.1, -0.05) is 12.1 Å². The number of carbonyl (C=O) groups excluding carboxylic acids is 1. The number of ether oxygens (including phenoxy) is 1. The molecule has 0 saturated carbocycles. The topological polar surface area (TPSA) is 145 Å². The summed E-state index contributed by atoms with van der Waals surface area (Å²) in [6, 6.07) is 6.18. The number of aryl methyl sites for hydroxylation is 1. The number of hydrogen-bond donors (Lipinski definition) is 3. The van der Waals surface area contributed by atoms with Crippen molar-refractivity contribution in [3.63, 3.8) is 0 Å². The van der Waals surface area contributed by atoms with Crippen LogP contribution in [0.2, 0.25) is 0 Å². The Kier molecular flexibility index (Phi) is 5.95. The Morgan fingerprint density at radius 1 is 1.18 bits per heavy atom. The van der Waals surface area contributed by atoms with Crippen molar-refractivity contribution in [1.29, 1.82) is 0 Å². The molecule has 0 unspecified atom stereocenters. The second-order valence-corrected chi connectivity index (χ2v) is 9.76. The predicted molar refractivity (Wildman–Crippen MR) is 145 cm³/mol. The molecule has 0 aliphatic carbocycles. The third-order valence-corrected chi connectivity index (χ3v) is 6.89. The van der Waals surface area contributed by atoms with Crippen molar-refractivity contribution in [3.05, 3.63) is 42.5 Å². The number of aromatic nitrogens is 7. The van der Waals surface area contributed by atoms with E-state index in [2.05, 4.69) is 56.3 Å². The number of benzene rings is 1. The highest BCUT2D eigenvalue weighted by molar-refractivity contribution is 6.07. The number of carbonyl (C=O) groups is 1. The van der Waals surface area contributed by atoms with Gasteiger partial charge >= 0.3 is 0 Å². The van der Waals surface area contributed by atoms with E-state index in [-0.39, 0.29) is 18.5 Å². The highest BCUT2D eigenvalue weighted by Gasteiger charge is 2.21. The SMILES string of the molecule is Cc1nn(CC(=O)N2CCOCC2)cc1Nc1nc(N)c2c(-c3cccc4[nH]ncc34)cn(C(C)C)c2n1. The van der Waals surface area contributed by atoms with Crippen molar-refractivity contribution in [1.82, 2.24) is 39.4 Å². The zero-order chi connectivity index (χ0) is 26.4. The molecule has 1 aliphatic rings. The summed E-state index contributed by atoms with van der Waals surface area (Å²) in [5.41, 5.74) is 11.7. The minimum absolute atomic E-state index is 0.0131. The number of morpholine rings is 1. The number of nitrogen functional groups attached to an aromatic ring is 1. The standard InChI is InChI=1S/C26H30N10O2/c1-15(2)36-12-19(17-5-4-6-20-18(17)11-28-32-20)23-24(27)30-26(31-25(23)36)29-21-13-35(33-16(21)3)14-22(37)34-7-9-38-10-8-34/h4-6,11-13,15H,7-10,14H2,1-3H3,(H,28,32)(H3,27,29,30,31).